The Hall–Kier alpha value is -2.54. The van der Waals surface area contributed by atoms with Gasteiger partial charge in [0.1, 0.15) is 0 Å². The van der Waals surface area contributed by atoms with Crippen LogP contribution in [0.15, 0.2) is 60.0 Å². The van der Waals surface area contributed by atoms with E-state index in [1.807, 2.05) is 34.5 Å². The van der Waals surface area contributed by atoms with E-state index in [4.69, 9.17) is 23.2 Å². The largest absolute Gasteiger partial charge is 0.367 e. The zero-order chi connectivity index (χ0) is 21.1. The summed E-state index contributed by atoms with van der Waals surface area (Å²) in [5, 5.41) is 5.68. The van der Waals surface area contributed by atoms with Gasteiger partial charge in [0.15, 0.2) is 0 Å². The molecule has 2 amide bonds. The van der Waals surface area contributed by atoms with E-state index in [0.29, 0.717) is 47.5 Å². The second kappa shape index (κ2) is 9.08. The highest BCUT2D eigenvalue weighted by Gasteiger charge is 2.24. The zero-order valence-electron chi connectivity index (χ0n) is 16.0. The smallest absolute Gasteiger partial charge is 0.264 e. The first-order chi connectivity index (χ1) is 14.5. The van der Waals surface area contributed by atoms with Crippen molar-refractivity contribution in [2.75, 3.05) is 36.4 Å². The average Bonchev–Trinajstić information content (AvgIpc) is 3.29. The molecule has 0 radical (unpaired) electrons. The number of carbonyl (C=O) groups excluding carboxylic acids is 2. The first-order valence-corrected chi connectivity index (χ1v) is 11.1. The van der Waals surface area contributed by atoms with Crippen LogP contribution in [-0.2, 0) is 0 Å². The molecule has 2 aromatic carbocycles. The van der Waals surface area contributed by atoms with Gasteiger partial charge < -0.3 is 15.1 Å². The van der Waals surface area contributed by atoms with Crippen LogP contribution in [0.3, 0.4) is 0 Å². The molecule has 0 aliphatic carbocycles. The Morgan fingerprint density at radius 2 is 1.67 bits per heavy atom. The van der Waals surface area contributed by atoms with Crippen molar-refractivity contribution in [3.63, 3.8) is 0 Å². The fourth-order valence-corrected chi connectivity index (χ4v) is 4.60. The maximum Gasteiger partial charge on any atom is 0.264 e. The summed E-state index contributed by atoms with van der Waals surface area (Å²) in [6.07, 6.45) is 0. The molecule has 0 bridgehead atoms. The van der Waals surface area contributed by atoms with Crippen molar-refractivity contribution >= 4 is 57.7 Å². The highest BCUT2D eigenvalue weighted by Crippen LogP contribution is 2.30. The van der Waals surface area contributed by atoms with Gasteiger partial charge in [-0.2, -0.15) is 0 Å². The summed E-state index contributed by atoms with van der Waals surface area (Å²) in [5.41, 5.74) is 1.89. The summed E-state index contributed by atoms with van der Waals surface area (Å²) < 4.78 is 0. The Morgan fingerprint density at radius 3 is 2.33 bits per heavy atom. The van der Waals surface area contributed by atoms with Crippen molar-refractivity contribution in [2.45, 2.75) is 0 Å². The number of halogens is 2. The van der Waals surface area contributed by atoms with Gasteiger partial charge in [0, 0.05) is 31.9 Å². The quantitative estimate of drug-likeness (QED) is 0.577. The van der Waals surface area contributed by atoms with Gasteiger partial charge in [0.2, 0.25) is 0 Å². The third kappa shape index (κ3) is 4.46. The lowest BCUT2D eigenvalue weighted by Crippen LogP contribution is -2.48. The fraction of sp³-hybridized carbons (Fsp3) is 0.182. The van der Waals surface area contributed by atoms with E-state index in [-0.39, 0.29) is 11.8 Å². The summed E-state index contributed by atoms with van der Waals surface area (Å²) in [6, 6.07) is 16.1. The molecule has 3 aromatic rings. The second-order valence-electron chi connectivity index (χ2n) is 6.86. The van der Waals surface area contributed by atoms with Crippen molar-refractivity contribution in [3.05, 3.63) is 80.5 Å². The van der Waals surface area contributed by atoms with E-state index in [9.17, 15) is 9.59 Å². The molecule has 2 heterocycles. The minimum Gasteiger partial charge on any atom is -0.367 e. The number of nitrogens with zero attached hydrogens (tertiary/aromatic N) is 2. The maximum atomic E-state index is 12.5. The predicted octanol–water partition coefficient (Wildman–Crippen LogP) is 5.27. The Balaban J connectivity index is 1.40. The van der Waals surface area contributed by atoms with Crippen LogP contribution in [0.25, 0.3) is 0 Å². The van der Waals surface area contributed by atoms with Gasteiger partial charge >= 0.3 is 0 Å². The Bertz CT molecular complexity index is 1060. The van der Waals surface area contributed by atoms with Crippen LogP contribution >= 0.6 is 34.5 Å². The maximum absolute atomic E-state index is 12.5. The standard InChI is InChI=1S/C22H19Cl2N3O2S/c23-17-5-2-1-4-16(17)21(28)25-15-7-8-19(18(24)14-15)26-9-11-27(12-10-26)22(29)20-6-3-13-30-20/h1-8,13-14H,9-12H2,(H,25,28). The number of piperazine rings is 1. The molecular weight excluding hydrogens is 441 g/mol. The summed E-state index contributed by atoms with van der Waals surface area (Å²) in [5.74, 6) is -0.210. The number of rotatable bonds is 4. The van der Waals surface area contributed by atoms with E-state index in [0.717, 1.165) is 10.6 Å². The number of anilines is 2. The minimum atomic E-state index is -0.287. The molecule has 154 valence electrons. The minimum absolute atomic E-state index is 0.0772. The molecule has 1 saturated heterocycles. The second-order valence-corrected chi connectivity index (χ2v) is 8.62. The van der Waals surface area contributed by atoms with Gasteiger partial charge in [-0.3, -0.25) is 9.59 Å². The van der Waals surface area contributed by atoms with E-state index in [1.54, 1.807) is 30.3 Å². The lowest BCUT2D eigenvalue weighted by Gasteiger charge is -2.36. The molecule has 4 rings (SSSR count). The number of carbonyl (C=O) groups is 2. The first kappa shape index (κ1) is 20.7. The van der Waals surface area contributed by atoms with E-state index in [1.165, 1.54) is 11.3 Å². The number of benzene rings is 2. The Morgan fingerprint density at radius 1 is 0.900 bits per heavy atom. The van der Waals surface area contributed by atoms with Gasteiger partial charge in [0.05, 0.1) is 26.2 Å². The normalized spacial score (nSPS) is 13.9. The van der Waals surface area contributed by atoms with Crippen LogP contribution in [0.5, 0.6) is 0 Å². The molecule has 8 heteroatoms. The van der Waals surface area contributed by atoms with Gasteiger partial charge in [-0.25, -0.2) is 0 Å². The highest BCUT2D eigenvalue weighted by atomic mass is 35.5. The van der Waals surface area contributed by atoms with Crippen LogP contribution in [-0.4, -0.2) is 42.9 Å². The molecule has 0 atom stereocenters. The molecule has 1 aliphatic rings. The van der Waals surface area contributed by atoms with Crippen molar-refractivity contribution in [1.29, 1.82) is 0 Å². The monoisotopic (exact) mass is 459 g/mol. The third-order valence-corrected chi connectivity index (χ3v) is 6.45. The van der Waals surface area contributed by atoms with Crippen LogP contribution in [0.2, 0.25) is 10.0 Å². The van der Waals surface area contributed by atoms with Gasteiger partial charge in [0.25, 0.3) is 11.8 Å². The molecule has 1 N–H and O–H groups in total. The number of hydrogen-bond acceptors (Lipinski definition) is 4. The highest BCUT2D eigenvalue weighted by molar-refractivity contribution is 7.12. The summed E-state index contributed by atoms with van der Waals surface area (Å²) in [4.78, 5) is 29.7. The Labute approximate surface area is 188 Å². The van der Waals surface area contributed by atoms with E-state index in [2.05, 4.69) is 10.2 Å². The van der Waals surface area contributed by atoms with Gasteiger partial charge in [-0.15, -0.1) is 11.3 Å². The topological polar surface area (TPSA) is 52.7 Å². The van der Waals surface area contributed by atoms with Crippen LogP contribution < -0.4 is 10.2 Å². The third-order valence-electron chi connectivity index (χ3n) is 4.96. The molecule has 0 spiro atoms. The molecule has 1 aliphatic heterocycles. The van der Waals surface area contributed by atoms with Crippen LogP contribution in [0, 0.1) is 0 Å². The fourth-order valence-electron chi connectivity index (χ4n) is 3.39. The average molecular weight is 460 g/mol. The number of nitrogens with one attached hydrogen (secondary N) is 1. The number of hydrogen-bond donors (Lipinski definition) is 1. The van der Waals surface area contributed by atoms with Crippen molar-refractivity contribution < 1.29 is 9.59 Å². The Kier molecular flexibility index (Phi) is 6.27. The number of amides is 2. The molecule has 0 saturated carbocycles. The van der Waals surface area contributed by atoms with E-state index < -0.39 is 0 Å². The zero-order valence-corrected chi connectivity index (χ0v) is 18.3. The van der Waals surface area contributed by atoms with Gasteiger partial charge in [-0.1, -0.05) is 41.4 Å². The number of thiophene rings is 1. The molecule has 0 unspecified atom stereocenters. The molecule has 1 fully saturated rings. The van der Waals surface area contributed by atoms with Crippen molar-refractivity contribution in [1.82, 2.24) is 4.90 Å². The molecule has 5 nitrogen and oxygen atoms in total. The van der Waals surface area contributed by atoms with Crippen molar-refractivity contribution in [2.24, 2.45) is 0 Å². The summed E-state index contributed by atoms with van der Waals surface area (Å²) in [6.45, 7) is 2.67. The predicted molar refractivity (Wildman–Crippen MR) is 123 cm³/mol. The molecule has 1 aromatic heterocycles. The SMILES string of the molecule is O=C(Nc1ccc(N2CCN(C(=O)c3cccs3)CC2)c(Cl)c1)c1ccccc1Cl. The first-order valence-electron chi connectivity index (χ1n) is 9.46. The van der Waals surface area contributed by atoms with Crippen LogP contribution in [0.4, 0.5) is 11.4 Å². The van der Waals surface area contributed by atoms with E-state index >= 15 is 0 Å². The lowest BCUT2D eigenvalue weighted by atomic mass is 10.2. The van der Waals surface area contributed by atoms with Crippen LogP contribution in [0.1, 0.15) is 20.0 Å². The van der Waals surface area contributed by atoms with Gasteiger partial charge in [-0.05, 0) is 41.8 Å². The molecule has 30 heavy (non-hydrogen) atoms. The lowest BCUT2D eigenvalue weighted by molar-refractivity contribution is 0.0751. The van der Waals surface area contributed by atoms with Crippen molar-refractivity contribution in [3.8, 4) is 0 Å². The molecular formula is C22H19Cl2N3O2S. The summed E-state index contributed by atoms with van der Waals surface area (Å²) >= 11 is 14.1. The summed E-state index contributed by atoms with van der Waals surface area (Å²) in [7, 11) is 0.